The first-order valence-electron chi connectivity index (χ1n) is 4.59. The summed E-state index contributed by atoms with van der Waals surface area (Å²) in [5.41, 5.74) is 6.67. The van der Waals surface area contributed by atoms with Crippen molar-refractivity contribution in [2.45, 2.75) is 6.42 Å². The molecule has 0 aromatic carbocycles. The minimum atomic E-state index is 0.448. The van der Waals surface area contributed by atoms with Crippen molar-refractivity contribution in [2.24, 2.45) is 0 Å². The number of hydrogen-bond donors (Lipinski definition) is 1. The van der Waals surface area contributed by atoms with Gasteiger partial charge in [-0.1, -0.05) is 11.2 Å². The molecule has 2 aromatic rings. The lowest BCUT2D eigenvalue weighted by Gasteiger charge is -1.98. The van der Waals surface area contributed by atoms with Gasteiger partial charge in [-0.15, -0.1) is 11.3 Å². The highest BCUT2D eigenvalue weighted by molar-refractivity contribution is 7.13. The van der Waals surface area contributed by atoms with Crippen LogP contribution >= 0.6 is 11.3 Å². The molecule has 5 heteroatoms. The number of aromatic nitrogens is 1. The van der Waals surface area contributed by atoms with Gasteiger partial charge in [0.25, 0.3) is 0 Å². The van der Waals surface area contributed by atoms with Gasteiger partial charge in [-0.3, -0.25) is 0 Å². The average Bonchev–Trinajstić information content (AvgIpc) is 2.84. The Labute approximate surface area is 91.6 Å². The van der Waals surface area contributed by atoms with Gasteiger partial charge in [-0.2, -0.15) is 0 Å². The van der Waals surface area contributed by atoms with E-state index in [1.807, 2.05) is 17.5 Å². The predicted molar refractivity (Wildman–Crippen MR) is 59.8 cm³/mol. The summed E-state index contributed by atoms with van der Waals surface area (Å²) in [6, 6.07) is 3.98. The summed E-state index contributed by atoms with van der Waals surface area (Å²) in [6.07, 6.45) is 0.688. The number of nitrogen functional groups attached to an aromatic ring is 1. The van der Waals surface area contributed by atoms with Crippen molar-refractivity contribution in [2.75, 3.05) is 19.5 Å². The van der Waals surface area contributed by atoms with E-state index >= 15 is 0 Å². The fraction of sp³-hybridized carbons (Fsp3) is 0.300. The van der Waals surface area contributed by atoms with Crippen LogP contribution in [-0.4, -0.2) is 18.9 Å². The predicted octanol–water partition coefficient (Wildman–Crippen LogP) is 2.17. The normalized spacial score (nSPS) is 10.7. The topological polar surface area (TPSA) is 61.3 Å². The molecular formula is C10H12N2O2S. The summed E-state index contributed by atoms with van der Waals surface area (Å²) in [7, 11) is 1.66. The molecule has 2 N–H and O–H groups in total. The molecule has 80 valence electrons. The minimum Gasteiger partial charge on any atom is -0.384 e. The first kappa shape index (κ1) is 10.2. The van der Waals surface area contributed by atoms with Crippen molar-refractivity contribution in [3.63, 3.8) is 0 Å². The van der Waals surface area contributed by atoms with Crippen LogP contribution in [0.1, 0.15) is 5.76 Å². The number of rotatable bonds is 4. The summed E-state index contributed by atoms with van der Waals surface area (Å²) in [4.78, 5) is 1.08. The zero-order valence-corrected chi connectivity index (χ0v) is 9.21. The molecule has 15 heavy (non-hydrogen) atoms. The molecule has 0 aliphatic carbocycles. The summed E-state index contributed by atoms with van der Waals surface area (Å²) >= 11 is 1.62. The third kappa shape index (κ3) is 2.03. The van der Waals surface area contributed by atoms with Crippen molar-refractivity contribution < 1.29 is 9.26 Å². The quantitative estimate of drug-likeness (QED) is 0.864. The molecule has 2 aromatic heterocycles. The molecular weight excluding hydrogens is 212 g/mol. The van der Waals surface area contributed by atoms with Crippen molar-refractivity contribution in [1.82, 2.24) is 5.16 Å². The maximum absolute atomic E-state index is 5.77. The van der Waals surface area contributed by atoms with E-state index in [0.717, 1.165) is 16.2 Å². The Bertz CT molecular complexity index is 423. The van der Waals surface area contributed by atoms with E-state index < -0.39 is 0 Å². The summed E-state index contributed by atoms with van der Waals surface area (Å²) in [5, 5.41) is 5.78. The zero-order valence-electron chi connectivity index (χ0n) is 8.40. The van der Waals surface area contributed by atoms with Gasteiger partial charge in [0.15, 0.2) is 5.82 Å². The maximum atomic E-state index is 5.77. The van der Waals surface area contributed by atoms with Gasteiger partial charge in [0.05, 0.1) is 12.2 Å². The van der Waals surface area contributed by atoms with Crippen LogP contribution in [0.5, 0.6) is 0 Å². The van der Waals surface area contributed by atoms with Crippen LogP contribution in [0.3, 0.4) is 0 Å². The van der Waals surface area contributed by atoms with E-state index in [2.05, 4.69) is 5.16 Å². The molecule has 0 spiro atoms. The second-order valence-corrected chi connectivity index (χ2v) is 4.03. The molecule has 0 saturated heterocycles. The van der Waals surface area contributed by atoms with Crippen molar-refractivity contribution >= 4 is 17.2 Å². The summed E-state index contributed by atoms with van der Waals surface area (Å²) < 4.78 is 10.2. The molecule has 0 radical (unpaired) electrons. The number of thiophene rings is 1. The Morgan fingerprint density at radius 2 is 2.47 bits per heavy atom. The van der Waals surface area contributed by atoms with Crippen LogP contribution < -0.4 is 5.73 Å². The van der Waals surface area contributed by atoms with Gasteiger partial charge < -0.3 is 15.0 Å². The van der Waals surface area contributed by atoms with Crippen LogP contribution in [0.4, 0.5) is 5.82 Å². The molecule has 0 aliphatic rings. The van der Waals surface area contributed by atoms with Gasteiger partial charge in [0.2, 0.25) is 0 Å². The summed E-state index contributed by atoms with van der Waals surface area (Å²) in [5.74, 6) is 1.24. The van der Waals surface area contributed by atoms with Crippen LogP contribution in [-0.2, 0) is 11.2 Å². The molecule has 0 saturated carbocycles. The van der Waals surface area contributed by atoms with Crippen LogP contribution in [0, 0.1) is 0 Å². The molecule has 0 unspecified atom stereocenters. The van der Waals surface area contributed by atoms with Gasteiger partial charge in [-0.25, -0.2) is 0 Å². The molecule has 0 amide bonds. The van der Waals surface area contributed by atoms with E-state index in [9.17, 15) is 0 Å². The zero-order chi connectivity index (χ0) is 10.7. The third-order valence-electron chi connectivity index (χ3n) is 2.09. The summed E-state index contributed by atoms with van der Waals surface area (Å²) in [6.45, 7) is 0.604. The van der Waals surface area contributed by atoms with E-state index in [-0.39, 0.29) is 0 Å². The van der Waals surface area contributed by atoms with Gasteiger partial charge in [-0.05, 0) is 11.4 Å². The highest BCUT2D eigenvalue weighted by Gasteiger charge is 2.15. The largest absolute Gasteiger partial charge is 0.384 e. The van der Waals surface area contributed by atoms with Crippen LogP contribution in [0.15, 0.2) is 22.0 Å². The molecule has 2 rings (SSSR count). The van der Waals surface area contributed by atoms with E-state index in [0.29, 0.717) is 18.8 Å². The van der Waals surface area contributed by atoms with Crippen LogP contribution in [0.2, 0.25) is 0 Å². The lowest BCUT2D eigenvalue weighted by molar-refractivity contribution is 0.193. The Balaban J connectivity index is 2.32. The van der Waals surface area contributed by atoms with E-state index in [1.165, 1.54) is 0 Å². The second-order valence-electron chi connectivity index (χ2n) is 3.09. The molecule has 4 nitrogen and oxygen atoms in total. The number of hydrogen-bond acceptors (Lipinski definition) is 5. The highest BCUT2D eigenvalue weighted by atomic mass is 32.1. The Morgan fingerprint density at radius 3 is 3.13 bits per heavy atom. The first-order chi connectivity index (χ1) is 7.33. The number of anilines is 1. The smallest absolute Gasteiger partial charge is 0.175 e. The van der Waals surface area contributed by atoms with E-state index in [4.69, 9.17) is 15.0 Å². The van der Waals surface area contributed by atoms with Gasteiger partial charge in [0, 0.05) is 18.4 Å². The molecule has 0 atom stereocenters. The highest BCUT2D eigenvalue weighted by Crippen LogP contribution is 2.33. The minimum absolute atomic E-state index is 0.448. The lowest BCUT2D eigenvalue weighted by atomic mass is 10.1. The number of nitrogens with two attached hydrogens (primary N) is 1. The number of ether oxygens (including phenoxy) is 1. The maximum Gasteiger partial charge on any atom is 0.175 e. The van der Waals surface area contributed by atoms with E-state index in [1.54, 1.807) is 18.4 Å². The Kier molecular flexibility index (Phi) is 3.03. The molecule has 0 aliphatic heterocycles. The standard InChI is InChI=1S/C10H12N2O2S/c1-13-5-4-7-9(10(11)12-14-7)8-3-2-6-15-8/h2-3,6H,4-5H2,1H3,(H2,11,12). The van der Waals surface area contributed by atoms with Gasteiger partial charge in [0.1, 0.15) is 5.76 Å². The van der Waals surface area contributed by atoms with Crippen molar-refractivity contribution in [3.05, 3.63) is 23.3 Å². The third-order valence-corrected chi connectivity index (χ3v) is 2.98. The van der Waals surface area contributed by atoms with Crippen molar-refractivity contribution in [3.8, 4) is 10.4 Å². The first-order valence-corrected chi connectivity index (χ1v) is 5.47. The number of nitrogens with zero attached hydrogens (tertiary/aromatic N) is 1. The Morgan fingerprint density at radius 1 is 1.60 bits per heavy atom. The van der Waals surface area contributed by atoms with Crippen molar-refractivity contribution in [1.29, 1.82) is 0 Å². The number of methoxy groups -OCH3 is 1. The fourth-order valence-corrected chi connectivity index (χ4v) is 2.19. The molecule has 0 bridgehead atoms. The average molecular weight is 224 g/mol. The SMILES string of the molecule is COCCc1onc(N)c1-c1cccs1. The Hall–Kier alpha value is -1.33. The molecule has 2 heterocycles. The molecule has 0 fully saturated rings. The monoisotopic (exact) mass is 224 g/mol. The van der Waals surface area contributed by atoms with Crippen LogP contribution in [0.25, 0.3) is 10.4 Å². The van der Waals surface area contributed by atoms with Gasteiger partial charge >= 0.3 is 0 Å². The fourth-order valence-electron chi connectivity index (χ4n) is 1.39. The second kappa shape index (κ2) is 4.46. The lowest BCUT2D eigenvalue weighted by Crippen LogP contribution is -1.95.